The fraction of sp³-hybridized carbons (Fsp3) is 0.857. The van der Waals surface area contributed by atoms with Crippen LogP contribution in [0.3, 0.4) is 0 Å². The first-order chi connectivity index (χ1) is 10.3. The van der Waals surface area contributed by atoms with Gasteiger partial charge in [0.05, 0.1) is 12.7 Å². The van der Waals surface area contributed by atoms with Crippen LogP contribution in [0.2, 0.25) is 0 Å². The molecular formula is C14H24INO6. The van der Waals surface area contributed by atoms with E-state index in [9.17, 15) is 9.59 Å². The molecule has 1 aliphatic rings. The summed E-state index contributed by atoms with van der Waals surface area (Å²) in [5, 5.41) is 0. The number of hydrogen-bond acceptors (Lipinski definition) is 6. The first-order valence-electron chi connectivity index (χ1n) is 7.27. The molecule has 0 saturated carbocycles. The van der Waals surface area contributed by atoms with E-state index in [1.165, 1.54) is 0 Å². The second kappa shape index (κ2) is 9.39. The zero-order chi connectivity index (χ0) is 16.6. The summed E-state index contributed by atoms with van der Waals surface area (Å²) in [4.78, 5) is 24.6. The molecule has 1 saturated heterocycles. The van der Waals surface area contributed by atoms with Crippen molar-refractivity contribution in [3.05, 3.63) is 0 Å². The Morgan fingerprint density at radius 1 is 1.14 bits per heavy atom. The van der Waals surface area contributed by atoms with E-state index < -0.39 is 11.8 Å². The number of alkyl halides is 1. The van der Waals surface area contributed by atoms with E-state index in [0.717, 1.165) is 12.8 Å². The van der Waals surface area contributed by atoms with E-state index in [0.29, 0.717) is 19.7 Å². The van der Waals surface area contributed by atoms with Gasteiger partial charge in [-0.3, -0.25) is 0 Å². The second-order valence-electron chi connectivity index (χ2n) is 5.89. The maximum Gasteiger partial charge on any atom is 0.509 e. The summed E-state index contributed by atoms with van der Waals surface area (Å²) >= 11 is 1.92. The molecule has 1 heterocycles. The van der Waals surface area contributed by atoms with Gasteiger partial charge in [0.15, 0.2) is 0 Å². The molecule has 0 spiro atoms. The first kappa shape index (κ1) is 19.3. The molecule has 1 amide bonds. The lowest BCUT2D eigenvalue weighted by atomic mass is 10.1. The molecule has 0 radical (unpaired) electrons. The Hall–Kier alpha value is -0.770. The molecule has 1 aliphatic heterocycles. The summed E-state index contributed by atoms with van der Waals surface area (Å²) in [7, 11) is 0. The second-order valence-corrected chi connectivity index (χ2v) is 6.51. The Labute approximate surface area is 144 Å². The number of likely N-dealkylation sites (tertiary alicyclic amines) is 1. The first-order valence-corrected chi connectivity index (χ1v) is 8.79. The van der Waals surface area contributed by atoms with E-state index in [1.807, 2.05) is 43.4 Å². The summed E-state index contributed by atoms with van der Waals surface area (Å²) in [5.74, 6) is 0. The van der Waals surface area contributed by atoms with Crippen LogP contribution >= 0.6 is 22.6 Å². The minimum atomic E-state index is -0.683. The van der Waals surface area contributed by atoms with Crippen molar-refractivity contribution in [1.82, 2.24) is 4.90 Å². The third kappa shape index (κ3) is 8.02. The standard InChI is InChI=1S/C14H24INO6/c1-14(2,3)22-12(17)16-6-4-11(5-7-16)19-8-9-20-13(18)21-10-15/h11H,4-10H2,1-3H3. The van der Waals surface area contributed by atoms with Crippen LogP contribution in [-0.2, 0) is 18.9 Å². The third-order valence-electron chi connectivity index (χ3n) is 2.92. The molecule has 0 bridgehead atoms. The summed E-state index contributed by atoms with van der Waals surface area (Å²) in [6, 6.07) is 0. The Morgan fingerprint density at radius 2 is 1.77 bits per heavy atom. The molecule has 1 fully saturated rings. The van der Waals surface area contributed by atoms with Crippen LogP contribution in [0.15, 0.2) is 0 Å². The van der Waals surface area contributed by atoms with Crippen molar-refractivity contribution in [3.63, 3.8) is 0 Å². The predicted molar refractivity (Wildman–Crippen MR) is 88.1 cm³/mol. The van der Waals surface area contributed by atoms with E-state index in [-0.39, 0.29) is 23.4 Å². The number of amides is 1. The van der Waals surface area contributed by atoms with Crippen LogP contribution in [0.4, 0.5) is 9.59 Å². The summed E-state index contributed by atoms with van der Waals surface area (Å²) < 4.78 is 20.7. The minimum absolute atomic E-state index is 0.0721. The quantitative estimate of drug-likeness (QED) is 0.290. The van der Waals surface area contributed by atoms with Gasteiger partial charge in [0.25, 0.3) is 0 Å². The maximum atomic E-state index is 11.9. The van der Waals surface area contributed by atoms with Gasteiger partial charge in [0, 0.05) is 13.1 Å². The van der Waals surface area contributed by atoms with Crippen LogP contribution in [0.1, 0.15) is 33.6 Å². The zero-order valence-corrected chi connectivity index (χ0v) is 15.5. The Balaban J connectivity index is 2.15. The Bertz CT molecular complexity index is 363. The molecule has 1 rings (SSSR count). The predicted octanol–water partition coefficient (Wildman–Crippen LogP) is 2.95. The van der Waals surface area contributed by atoms with Gasteiger partial charge in [-0.1, -0.05) is 0 Å². The molecule has 0 unspecified atom stereocenters. The van der Waals surface area contributed by atoms with E-state index in [1.54, 1.807) is 4.90 Å². The van der Waals surface area contributed by atoms with Crippen molar-refractivity contribution in [2.75, 3.05) is 30.9 Å². The van der Waals surface area contributed by atoms with Gasteiger partial charge in [0.2, 0.25) is 0 Å². The van der Waals surface area contributed by atoms with Crippen molar-refractivity contribution in [1.29, 1.82) is 0 Å². The Morgan fingerprint density at radius 3 is 2.32 bits per heavy atom. The molecular weight excluding hydrogens is 405 g/mol. The average molecular weight is 429 g/mol. The maximum absolute atomic E-state index is 11.9. The largest absolute Gasteiger partial charge is 0.509 e. The lowest BCUT2D eigenvalue weighted by Gasteiger charge is -2.33. The van der Waals surface area contributed by atoms with Crippen LogP contribution in [0.25, 0.3) is 0 Å². The number of rotatable bonds is 5. The lowest BCUT2D eigenvalue weighted by molar-refractivity contribution is -0.0270. The summed E-state index contributed by atoms with van der Waals surface area (Å²) in [6.45, 7) is 7.27. The molecule has 0 aromatic carbocycles. The van der Waals surface area contributed by atoms with Crippen molar-refractivity contribution < 1.29 is 28.5 Å². The fourth-order valence-electron chi connectivity index (χ4n) is 1.96. The molecule has 0 aromatic heterocycles. The van der Waals surface area contributed by atoms with Gasteiger partial charge in [-0.05, 0) is 56.2 Å². The van der Waals surface area contributed by atoms with Crippen molar-refractivity contribution in [2.24, 2.45) is 0 Å². The normalized spacial score (nSPS) is 16.3. The van der Waals surface area contributed by atoms with Crippen molar-refractivity contribution in [2.45, 2.75) is 45.3 Å². The summed E-state index contributed by atoms with van der Waals surface area (Å²) in [5.41, 5.74) is -0.478. The minimum Gasteiger partial charge on any atom is -0.444 e. The molecule has 128 valence electrons. The number of ether oxygens (including phenoxy) is 4. The molecule has 0 aromatic rings. The van der Waals surface area contributed by atoms with Gasteiger partial charge < -0.3 is 23.8 Å². The van der Waals surface area contributed by atoms with Gasteiger partial charge in [-0.25, -0.2) is 9.59 Å². The van der Waals surface area contributed by atoms with Gasteiger partial charge in [-0.15, -0.1) is 0 Å². The fourth-order valence-corrected chi connectivity index (χ4v) is 2.21. The monoisotopic (exact) mass is 429 g/mol. The zero-order valence-electron chi connectivity index (χ0n) is 13.3. The topological polar surface area (TPSA) is 74.3 Å². The van der Waals surface area contributed by atoms with Crippen LogP contribution in [-0.4, -0.2) is 59.8 Å². The van der Waals surface area contributed by atoms with Crippen LogP contribution < -0.4 is 0 Å². The molecule has 0 atom stereocenters. The smallest absolute Gasteiger partial charge is 0.444 e. The highest BCUT2D eigenvalue weighted by Gasteiger charge is 2.27. The SMILES string of the molecule is CC(C)(C)OC(=O)N1CCC(OCCOC(=O)OCI)CC1. The highest BCUT2D eigenvalue weighted by atomic mass is 127. The highest BCUT2D eigenvalue weighted by molar-refractivity contribution is 14.1. The van der Waals surface area contributed by atoms with Crippen LogP contribution in [0, 0.1) is 0 Å². The van der Waals surface area contributed by atoms with Gasteiger partial charge in [0.1, 0.15) is 16.8 Å². The number of nitrogens with zero attached hydrogens (tertiary/aromatic N) is 1. The number of piperidine rings is 1. The number of hydrogen-bond donors (Lipinski definition) is 0. The highest BCUT2D eigenvalue weighted by Crippen LogP contribution is 2.17. The molecule has 0 N–H and O–H groups in total. The Kier molecular flexibility index (Phi) is 8.23. The summed E-state index contributed by atoms with van der Waals surface area (Å²) in [6.07, 6.45) is 0.603. The molecule has 8 heteroatoms. The van der Waals surface area contributed by atoms with E-state index in [4.69, 9.17) is 14.2 Å². The van der Waals surface area contributed by atoms with E-state index >= 15 is 0 Å². The van der Waals surface area contributed by atoms with Gasteiger partial charge in [-0.2, -0.15) is 0 Å². The van der Waals surface area contributed by atoms with Crippen molar-refractivity contribution in [3.8, 4) is 0 Å². The van der Waals surface area contributed by atoms with Gasteiger partial charge >= 0.3 is 12.2 Å². The third-order valence-corrected chi connectivity index (χ3v) is 3.23. The molecule has 7 nitrogen and oxygen atoms in total. The molecule has 0 aliphatic carbocycles. The van der Waals surface area contributed by atoms with E-state index in [2.05, 4.69) is 4.74 Å². The molecule has 22 heavy (non-hydrogen) atoms. The number of carbonyl (C=O) groups excluding carboxylic acids is 2. The van der Waals surface area contributed by atoms with Crippen LogP contribution in [0.5, 0.6) is 0 Å². The average Bonchev–Trinajstić information content (AvgIpc) is 2.43. The van der Waals surface area contributed by atoms with Crippen molar-refractivity contribution >= 4 is 34.8 Å². The number of carbonyl (C=O) groups is 2. The lowest BCUT2D eigenvalue weighted by Crippen LogP contribution is -2.43. The number of halogens is 1.